The lowest BCUT2D eigenvalue weighted by Gasteiger charge is -2.14. The van der Waals surface area contributed by atoms with Gasteiger partial charge in [-0.1, -0.05) is 37.3 Å². The molecule has 0 aliphatic carbocycles. The fourth-order valence-electron chi connectivity index (χ4n) is 2.46. The van der Waals surface area contributed by atoms with Crippen LogP contribution in [0.1, 0.15) is 36.7 Å². The Morgan fingerprint density at radius 2 is 1.95 bits per heavy atom. The van der Waals surface area contributed by atoms with Crippen LogP contribution in [0.5, 0.6) is 0 Å². The lowest BCUT2D eigenvalue weighted by Crippen LogP contribution is -2.17. The summed E-state index contributed by atoms with van der Waals surface area (Å²) in [6, 6.07) is 15.8. The van der Waals surface area contributed by atoms with Gasteiger partial charge in [-0.3, -0.25) is 4.79 Å². The van der Waals surface area contributed by atoms with Gasteiger partial charge in [-0.15, -0.1) is 0 Å². The molecule has 0 saturated heterocycles. The minimum Gasteiger partial charge on any atom is -0.307 e. The maximum atomic E-state index is 12.5. The SMILES string of the molecule is CC[C@H](C)n1nccc1NC(=O)c1ccc2ccccc2c1. The van der Waals surface area contributed by atoms with Crippen LogP contribution in [-0.2, 0) is 0 Å². The van der Waals surface area contributed by atoms with E-state index in [1.54, 1.807) is 6.20 Å². The third-order valence-electron chi connectivity index (χ3n) is 3.93. The molecule has 0 unspecified atom stereocenters. The summed E-state index contributed by atoms with van der Waals surface area (Å²) in [4.78, 5) is 12.5. The fraction of sp³-hybridized carbons (Fsp3) is 0.222. The number of aromatic nitrogens is 2. The molecule has 0 saturated carbocycles. The largest absolute Gasteiger partial charge is 0.307 e. The highest BCUT2D eigenvalue weighted by molar-refractivity contribution is 6.06. The summed E-state index contributed by atoms with van der Waals surface area (Å²) in [6.07, 6.45) is 2.67. The minimum atomic E-state index is -0.115. The Morgan fingerprint density at radius 1 is 1.18 bits per heavy atom. The molecule has 0 fully saturated rings. The second kappa shape index (κ2) is 6.02. The van der Waals surface area contributed by atoms with Crippen LogP contribution in [-0.4, -0.2) is 15.7 Å². The Kier molecular flexibility index (Phi) is 3.92. The first kappa shape index (κ1) is 14.3. The van der Waals surface area contributed by atoms with Gasteiger partial charge in [0.1, 0.15) is 5.82 Å². The van der Waals surface area contributed by atoms with E-state index < -0.39 is 0 Å². The van der Waals surface area contributed by atoms with Gasteiger partial charge in [-0.25, -0.2) is 4.68 Å². The number of nitrogens with one attached hydrogen (secondary N) is 1. The molecule has 0 spiro atoms. The van der Waals surface area contributed by atoms with Gasteiger partial charge in [0.05, 0.1) is 12.2 Å². The number of carbonyl (C=O) groups is 1. The van der Waals surface area contributed by atoms with Crippen molar-refractivity contribution in [3.63, 3.8) is 0 Å². The quantitative estimate of drug-likeness (QED) is 0.781. The lowest BCUT2D eigenvalue weighted by molar-refractivity contribution is 0.102. The molecule has 3 aromatic rings. The first-order chi connectivity index (χ1) is 10.7. The Labute approximate surface area is 129 Å². The van der Waals surface area contributed by atoms with Crippen molar-refractivity contribution in [3.8, 4) is 0 Å². The highest BCUT2D eigenvalue weighted by atomic mass is 16.1. The van der Waals surface area contributed by atoms with Crippen LogP contribution in [0.4, 0.5) is 5.82 Å². The van der Waals surface area contributed by atoms with E-state index in [0.717, 1.165) is 23.0 Å². The van der Waals surface area contributed by atoms with E-state index in [-0.39, 0.29) is 11.9 Å². The number of rotatable bonds is 4. The van der Waals surface area contributed by atoms with Gasteiger partial charge >= 0.3 is 0 Å². The van der Waals surface area contributed by atoms with Crippen LogP contribution in [0.2, 0.25) is 0 Å². The van der Waals surface area contributed by atoms with E-state index in [9.17, 15) is 4.79 Å². The van der Waals surface area contributed by atoms with Gasteiger partial charge in [0.2, 0.25) is 0 Å². The molecule has 0 aliphatic rings. The van der Waals surface area contributed by atoms with Crippen molar-refractivity contribution < 1.29 is 4.79 Å². The molecule has 1 aromatic heterocycles. The number of nitrogens with zero attached hydrogens (tertiary/aromatic N) is 2. The van der Waals surface area contributed by atoms with Gasteiger partial charge in [-0.05, 0) is 36.2 Å². The Balaban J connectivity index is 1.86. The Hall–Kier alpha value is -2.62. The molecule has 1 N–H and O–H groups in total. The van der Waals surface area contributed by atoms with Crippen molar-refractivity contribution in [3.05, 3.63) is 60.3 Å². The van der Waals surface area contributed by atoms with Gasteiger partial charge in [0.25, 0.3) is 5.91 Å². The molecule has 1 atom stereocenters. The van der Waals surface area contributed by atoms with E-state index in [0.29, 0.717) is 5.56 Å². The smallest absolute Gasteiger partial charge is 0.256 e. The first-order valence-electron chi connectivity index (χ1n) is 7.52. The molecule has 0 radical (unpaired) electrons. The number of amides is 1. The topological polar surface area (TPSA) is 46.9 Å². The third kappa shape index (κ3) is 2.72. The van der Waals surface area contributed by atoms with Gasteiger partial charge in [-0.2, -0.15) is 5.10 Å². The number of fused-ring (bicyclic) bond motifs is 1. The maximum absolute atomic E-state index is 12.5. The van der Waals surface area contributed by atoms with E-state index >= 15 is 0 Å². The first-order valence-corrected chi connectivity index (χ1v) is 7.52. The third-order valence-corrected chi connectivity index (χ3v) is 3.93. The zero-order valence-corrected chi connectivity index (χ0v) is 12.8. The molecular formula is C18H19N3O. The summed E-state index contributed by atoms with van der Waals surface area (Å²) in [7, 11) is 0. The molecular weight excluding hydrogens is 274 g/mol. The summed E-state index contributed by atoms with van der Waals surface area (Å²) >= 11 is 0. The summed E-state index contributed by atoms with van der Waals surface area (Å²) in [5.41, 5.74) is 0.649. The monoisotopic (exact) mass is 293 g/mol. The molecule has 4 heteroatoms. The molecule has 1 amide bonds. The molecule has 0 aliphatic heterocycles. The Bertz CT molecular complexity index is 807. The van der Waals surface area contributed by atoms with Crippen molar-refractivity contribution in [1.82, 2.24) is 9.78 Å². The second-order valence-electron chi connectivity index (χ2n) is 5.43. The zero-order chi connectivity index (χ0) is 15.5. The standard InChI is InChI=1S/C18H19N3O/c1-3-13(2)21-17(10-11-19-21)20-18(22)16-9-8-14-6-4-5-7-15(14)12-16/h4-13H,3H2,1-2H3,(H,20,22)/t13-/m0/s1. The normalized spacial score (nSPS) is 12.3. The summed E-state index contributed by atoms with van der Waals surface area (Å²) in [5, 5.41) is 9.42. The van der Waals surface area contributed by atoms with Crippen LogP contribution < -0.4 is 5.32 Å². The minimum absolute atomic E-state index is 0.115. The van der Waals surface area contributed by atoms with Crippen molar-refractivity contribution in [1.29, 1.82) is 0 Å². The van der Waals surface area contributed by atoms with E-state index in [2.05, 4.69) is 24.3 Å². The number of hydrogen-bond donors (Lipinski definition) is 1. The number of anilines is 1. The van der Waals surface area contributed by atoms with Crippen LogP contribution in [0.3, 0.4) is 0 Å². The van der Waals surface area contributed by atoms with Crippen LogP contribution >= 0.6 is 0 Å². The average molecular weight is 293 g/mol. The molecule has 22 heavy (non-hydrogen) atoms. The van der Waals surface area contributed by atoms with Crippen molar-refractivity contribution >= 4 is 22.5 Å². The van der Waals surface area contributed by atoms with E-state index in [4.69, 9.17) is 0 Å². The van der Waals surface area contributed by atoms with Crippen molar-refractivity contribution in [2.45, 2.75) is 26.3 Å². The average Bonchev–Trinajstić information content (AvgIpc) is 3.01. The Morgan fingerprint density at radius 3 is 2.73 bits per heavy atom. The van der Waals surface area contributed by atoms with Crippen molar-refractivity contribution in [2.24, 2.45) is 0 Å². The molecule has 0 bridgehead atoms. The van der Waals surface area contributed by atoms with Crippen molar-refractivity contribution in [2.75, 3.05) is 5.32 Å². The van der Waals surface area contributed by atoms with Gasteiger partial charge < -0.3 is 5.32 Å². The van der Waals surface area contributed by atoms with Crippen LogP contribution in [0.15, 0.2) is 54.7 Å². The molecule has 112 valence electrons. The summed E-state index contributed by atoms with van der Waals surface area (Å²) in [6.45, 7) is 4.18. The highest BCUT2D eigenvalue weighted by Gasteiger charge is 2.12. The second-order valence-corrected chi connectivity index (χ2v) is 5.43. The van der Waals surface area contributed by atoms with Crippen LogP contribution in [0, 0.1) is 0 Å². The van der Waals surface area contributed by atoms with E-state index in [1.807, 2.05) is 53.2 Å². The molecule has 4 nitrogen and oxygen atoms in total. The van der Waals surface area contributed by atoms with E-state index in [1.165, 1.54) is 0 Å². The fourth-order valence-corrected chi connectivity index (χ4v) is 2.46. The predicted octanol–water partition coefficient (Wildman–Crippen LogP) is 4.26. The highest BCUT2D eigenvalue weighted by Crippen LogP contribution is 2.19. The lowest BCUT2D eigenvalue weighted by atomic mass is 10.1. The summed E-state index contributed by atoms with van der Waals surface area (Å²) < 4.78 is 1.85. The molecule has 3 rings (SSSR count). The van der Waals surface area contributed by atoms with Gasteiger partial charge in [0, 0.05) is 11.6 Å². The maximum Gasteiger partial charge on any atom is 0.256 e. The number of hydrogen-bond acceptors (Lipinski definition) is 2. The number of carbonyl (C=O) groups excluding carboxylic acids is 1. The summed E-state index contributed by atoms with van der Waals surface area (Å²) in [5.74, 6) is 0.614. The molecule has 1 heterocycles. The molecule has 2 aromatic carbocycles. The van der Waals surface area contributed by atoms with Crippen LogP contribution in [0.25, 0.3) is 10.8 Å². The predicted molar refractivity (Wildman–Crippen MR) is 89.1 cm³/mol. The zero-order valence-electron chi connectivity index (χ0n) is 12.8. The van der Waals surface area contributed by atoms with Gasteiger partial charge in [0.15, 0.2) is 0 Å². The number of benzene rings is 2.